The van der Waals surface area contributed by atoms with Gasteiger partial charge in [0, 0.05) is 23.0 Å². The number of rotatable bonds is 4. The van der Waals surface area contributed by atoms with Crippen LogP contribution in [0.3, 0.4) is 0 Å². The van der Waals surface area contributed by atoms with Crippen LogP contribution in [0.1, 0.15) is 57.6 Å². The van der Waals surface area contributed by atoms with Crippen molar-refractivity contribution in [2.75, 3.05) is 0 Å². The molecular weight excluding hydrogens is 246 g/mol. The second-order valence-corrected chi connectivity index (χ2v) is 5.71. The number of fused-ring (bicyclic) bond motifs is 1. The fraction of sp³-hybridized carbons (Fsp3) is 0.600. The van der Waals surface area contributed by atoms with Crippen molar-refractivity contribution in [3.05, 3.63) is 28.8 Å². The van der Waals surface area contributed by atoms with Gasteiger partial charge in [-0.15, -0.1) is 0 Å². The molecule has 0 saturated heterocycles. The third kappa shape index (κ3) is 2.65. The lowest BCUT2D eigenvalue weighted by Crippen LogP contribution is -2.42. The van der Waals surface area contributed by atoms with Crippen LogP contribution in [0.2, 0.25) is 5.02 Å². The third-order valence-corrected chi connectivity index (χ3v) is 3.94. The molecule has 0 bridgehead atoms. The summed E-state index contributed by atoms with van der Waals surface area (Å²) in [7, 11) is 0. The smallest absolute Gasteiger partial charge is 0.125 e. The first-order chi connectivity index (χ1) is 8.60. The topological polar surface area (TPSA) is 35.2 Å². The highest BCUT2D eigenvalue weighted by molar-refractivity contribution is 6.30. The Bertz CT molecular complexity index is 413. The average Bonchev–Trinajstić information content (AvgIpc) is 2.31. The number of nitrogens with two attached hydrogens (primary N) is 1. The van der Waals surface area contributed by atoms with Crippen LogP contribution in [0.25, 0.3) is 0 Å². The Kier molecular flexibility index (Phi) is 4.18. The van der Waals surface area contributed by atoms with Crippen LogP contribution in [0.4, 0.5) is 0 Å². The maximum Gasteiger partial charge on any atom is 0.125 e. The van der Waals surface area contributed by atoms with E-state index in [-0.39, 0.29) is 11.6 Å². The van der Waals surface area contributed by atoms with Gasteiger partial charge in [-0.2, -0.15) is 0 Å². The highest BCUT2D eigenvalue weighted by Crippen LogP contribution is 2.43. The SMILES string of the molecule is CCCC1(CCC)CC(N)c2cc(Cl)ccc2O1. The second kappa shape index (κ2) is 5.50. The molecule has 1 atom stereocenters. The molecule has 18 heavy (non-hydrogen) atoms. The van der Waals surface area contributed by atoms with Crippen molar-refractivity contribution < 1.29 is 4.74 Å². The summed E-state index contributed by atoms with van der Waals surface area (Å²) in [6, 6.07) is 5.80. The summed E-state index contributed by atoms with van der Waals surface area (Å²) in [6.07, 6.45) is 5.26. The fourth-order valence-electron chi connectivity index (χ4n) is 3.03. The van der Waals surface area contributed by atoms with Crippen LogP contribution in [-0.4, -0.2) is 5.60 Å². The summed E-state index contributed by atoms with van der Waals surface area (Å²) in [4.78, 5) is 0. The highest BCUT2D eigenvalue weighted by Gasteiger charge is 2.38. The van der Waals surface area contributed by atoms with E-state index < -0.39 is 0 Å². The van der Waals surface area contributed by atoms with E-state index in [1.165, 1.54) is 0 Å². The Morgan fingerprint density at radius 3 is 2.61 bits per heavy atom. The van der Waals surface area contributed by atoms with Crippen LogP contribution in [-0.2, 0) is 0 Å². The van der Waals surface area contributed by atoms with Crippen molar-refractivity contribution in [3.8, 4) is 5.75 Å². The number of halogens is 1. The van der Waals surface area contributed by atoms with Gasteiger partial charge < -0.3 is 10.5 Å². The lowest BCUT2D eigenvalue weighted by Gasteiger charge is -2.41. The molecule has 100 valence electrons. The van der Waals surface area contributed by atoms with Crippen molar-refractivity contribution in [1.82, 2.24) is 0 Å². The van der Waals surface area contributed by atoms with Crippen LogP contribution in [0, 0.1) is 0 Å². The lowest BCUT2D eigenvalue weighted by molar-refractivity contribution is 0.0180. The minimum atomic E-state index is -0.0796. The molecular formula is C15H22ClNO. The molecule has 0 spiro atoms. The molecule has 0 aliphatic carbocycles. The molecule has 0 fully saturated rings. The largest absolute Gasteiger partial charge is 0.487 e. The summed E-state index contributed by atoms with van der Waals surface area (Å²) in [5.74, 6) is 0.917. The molecule has 1 aromatic carbocycles. The molecule has 0 radical (unpaired) electrons. The fourth-order valence-corrected chi connectivity index (χ4v) is 3.21. The zero-order valence-electron chi connectivity index (χ0n) is 11.2. The molecule has 1 aromatic rings. The number of hydrogen-bond acceptors (Lipinski definition) is 2. The molecule has 1 heterocycles. The van der Waals surface area contributed by atoms with Gasteiger partial charge in [0.15, 0.2) is 0 Å². The second-order valence-electron chi connectivity index (χ2n) is 5.28. The van der Waals surface area contributed by atoms with Gasteiger partial charge in [0.2, 0.25) is 0 Å². The van der Waals surface area contributed by atoms with E-state index in [4.69, 9.17) is 22.1 Å². The van der Waals surface area contributed by atoms with E-state index >= 15 is 0 Å². The number of benzene rings is 1. The number of ether oxygens (including phenoxy) is 1. The van der Waals surface area contributed by atoms with E-state index in [9.17, 15) is 0 Å². The Hall–Kier alpha value is -0.730. The zero-order chi connectivity index (χ0) is 13.2. The molecule has 0 aromatic heterocycles. The lowest BCUT2D eigenvalue weighted by atomic mass is 9.81. The first-order valence-corrected chi connectivity index (χ1v) is 7.22. The molecule has 1 unspecified atom stereocenters. The average molecular weight is 268 g/mol. The van der Waals surface area contributed by atoms with Crippen molar-refractivity contribution in [2.45, 2.75) is 57.6 Å². The van der Waals surface area contributed by atoms with E-state index in [2.05, 4.69) is 13.8 Å². The summed E-state index contributed by atoms with van der Waals surface area (Å²) in [6.45, 7) is 4.40. The molecule has 2 nitrogen and oxygen atoms in total. The first-order valence-electron chi connectivity index (χ1n) is 6.84. The molecule has 3 heteroatoms. The van der Waals surface area contributed by atoms with E-state index in [1.807, 2.05) is 18.2 Å². The van der Waals surface area contributed by atoms with Gasteiger partial charge >= 0.3 is 0 Å². The van der Waals surface area contributed by atoms with Gasteiger partial charge in [0.25, 0.3) is 0 Å². The first kappa shape index (κ1) is 13.7. The highest BCUT2D eigenvalue weighted by atomic mass is 35.5. The summed E-state index contributed by atoms with van der Waals surface area (Å²) in [5, 5.41) is 0.728. The summed E-state index contributed by atoms with van der Waals surface area (Å²) < 4.78 is 6.29. The maximum atomic E-state index is 6.31. The molecule has 0 saturated carbocycles. The third-order valence-electron chi connectivity index (χ3n) is 3.70. The Balaban J connectivity index is 2.32. The Labute approximate surface area is 114 Å². The molecule has 1 aliphatic heterocycles. The van der Waals surface area contributed by atoms with Gasteiger partial charge in [0.1, 0.15) is 11.4 Å². The molecule has 1 aliphatic rings. The Morgan fingerprint density at radius 1 is 1.33 bits per heavy atom. The summed E-state index contributed by atoms with van der Waals surface area (Å²) >= 11 is 6.02. The summed E-state index contributed by atoms with van der Waals surface area (Å²) in [5.41, 5.74) is 7.28. The van der Waals surface area contributed by atoms with Crippen molar-refractivity contribution in [1.29, 1.82) is 0 Å². The minimum absolute atomic E-state index is 0.0329. The van der Waals surface area contributed by atoms with Crippen LogP contribution in [0.15, 0.2) is 18.2 Å². The van der Waals surface area contributed by atoms with Crippen molar-refractivity contribution in [2.24, 2.45) is 5.73 Å². The van der Waals surface area contributed by atoms with E-state index in [0.717, 1.165) is 48.4 Å². The predicted octanol–water partition coefficient (Wildman–Crippen LogP) is 4.46. The Morgan fingerprint density at radius 2 is 2.00 bits per heavy atom. The van der Waals surface area contributed by atoms with Crippen LogP contribution >= 0.6 is 11.6 Å². The predicted molar refractivity (Wildman–Crippen MR) is 76.2 cm³/mol. The normalized spacial score (nSPS) is 21.2. The number of hydrogen-bond donors (Lipinski definition) is 1. The van der Waals surface area contributed by atoms with Gasteiger partial charge in [0.05, 0.1) is 0 Å². The quantitative estimate of drug-likeness (QED) is 0.874. The van der Waals surface area contributed by atoms with Gasteiger partial charge in [-0.3, -0.25) is 0 Å². The monoisotopic (exact) mass is 267 g/mol. The molecule has 2 N–H and O–H groups in total. The molecule has 2 rings (SSSR count). The minimum Gasteiger partial charge on any atom is -0.487 e. The maximum absolute atomic E-state index is 6.31. The molecule has 0 amide bonds. The van der Waals surface area contributed by atoms with Crippen molar-refractivity contribution in [3.63, 3.8) is 0 Å². The van der Waals surface area contributed by atoms with Gasteiger partial charge in [-0.05, 0) is 31.0 Å². The zero-order valence-corrected chi connectivity index (χ0v) is 12.0. The van der Waals surface area contributed by atoms with Gasteiger partial charge in [-0.25, -0.2) is 0 Å². The van der Waals surface area contributed by atoms with Crippen LogP contribution < -0.4 is 10.5 Å². The van der Waals surface area contributed by atoms with E-state index in [1.54, 1.807) is 0 Å². The van der Waals surface area contributed by atoms with Crippen LogP contribution in [0.5, 0.6) is 5.75 Å². The van der Waals surface area contributed by atoms with E-state index in [0.29, 0.717) is 0 Å². The standard InChI is InChI=1S/C15H22ClNO/c1-3-7-15(8-4-2)10-13(17)12-9-11(16)5-6-14(12)18-15/h5-6,9,13H,3-4,7-8,10,17H2,1-2H3. The van der Waals surface area contributed by atoms with Crippen molar-refractivity contribution >= 4 is 11.6 Å². The van der Waals surface area contributed by atoms with Gasteiger partial charge in [-0.1, -0.05) is 38.3 Å².